The van der Waals surface area contributed by atoms with Gasteiger partial charge in [0.15, 0.2) is 11.5 Å². The molecule has 0 radical (unpaired) electrons. The Labute approximate surface area is 165 Å². The van der Waals surface area contributed by atoms with Crippen molar-refractivity contribution in [2.24, 2.45) is 10.2 Å². The molecule has 11 heteroatoms. The molecule has 2 aromatic carbocycles. The molecule has 0 amide bonds. The van der Waals surface area contributed by atoms with E-state index in [-0.39, 0.29) is 19.1 Å². The van der Waals surface area contributed by atoms with Gasteiger partial charge in [0, 0.05) is 29.7 Å². The summed E-state index contributed by atoms with van der Waals surface area (Å²) in [6.07, 6.45) is 1.25. The van der Waals surface area contributed by atoms with Crippen LogP contribution in [0.25, 0.3) is 0 Å². The lowest BCUT2D eigenvalue weighted by Crippen LogP contribution is -2.15. The molecular weight excluding hydrogens is 402 g/mol. The lowest BCUT2D eigenvalue weighted by atomic mass is 9.94. The van der Waals surface area contributed by atoms with E-state index in [2.05, 4.69) is 10.2 Å². The molecular formula is C18H15N3O7S. The number of benzene rings is 2. The van der Waals surface area contributed by atoms with E-state index in [0.29, 0.717) is 40.5 Å². The molecule has 150 valence electrons. The van der Waals surface area contributed by atoms with E-state index in [9.17, 15) is 18.5 Å². The lowest BCUT2D eigenvalue weighted by Gasteiger charge is -2.11. The van der Waals surface area contributed by atoms with Crippen molar-refractivity contribution < 1.29 is 27.0 Å². The third-order valence-electron chi connectivity index (χ3n) is 4.33. The van der Waals surface area contributed by atoms with Gasteiger partial charge in [-0.3, -0.25) is 14.3 Å². The van der Waals surface area contributed by atoms with Crippen LogP contribution >= 0.6 is 0 Å². The summed E-state index contributed by atoms with van der Waals surface area (Å²) in [7, 11) is -3.64. The third-order valence-corrected chi connectivity index (χ3v) is 4.88. The number of ether oxygens (including phenoxy) is 2. The van der Waals surface area contributed by atoms with Crippen molar-refractivity contribution in [3.63, 3.8) is 0 Å². The van der Waals surface area contributed by atoms with Crippen molar-refractivity contribution in [2.75, 3.05) is 19.7 Å². The average Bonchev–Trinajstić information content (AvgIpc) is 3.04. The van der Waals surface area contributed by atoms with Crippen LogP contribution in [0, 0.1) is 10.1 Å². The highest BCUT2D eigenvalue weighted by molar-refractivity contribution is 7.86. The van der Waals surface area contributed by atoms with Crippen LogP contribution in [0.5, 0.6) is 11.5 Å². The van der Waals surface area contributed by atoms with Gasteiger partial charge in [-0.25, -0.2) is 0 Å². The van der Waals surface area contributed by atoms with Gasteiger partial charge in [0.2, 0.25) is 6.79 Å². The number of hydrogen-bond acceptors (Lipinski definition) is 9. The van der Waals surface area contributed by atoms with E-state index < -0.39 is 15.0 Å². The number of rotatable bonds is 5. The Balaban J connectivity index is 1.78. The SMILES string of the molecule is CS(=O)(=O)OCC1=NN=C(c2ccc([N+](=O)[O-])cc2)c2cc3c(cc2C1)OCO3. The van der Waals surface area contributed by atoms with E-state index in [1.165, 1.54) is 12.1 Å². The van der Waals surface area contributed by atoms with Gasteiger partial charge < -0.3 is 9.47 Å². The van der Waals surface area contributed by atoms with Gasteiger partial charge in [0.1, 0.15) is 12.3 Å². The van der Waals surface area contributed by atoms with Crippen LogP contribution in [0.15, 0.2) is 46.6 Å². The Morgan fingerprint density at radius 3 is 2.48 bits per heavy atom. The number of nitrogens with zero attached hydrogens (tertiary/aromatic N) is 3. The molecule has 0 fully saturated rings. The molecule has 29 heavy (non-hydrogen) atoms. The molecule has 2 aliphatic rings. The van der Waals surface area contributed by atoms with E-state index >= 15 is 0 Å². The fourth-order valence-electron chi connectivity index (χ4n) is 2.99. The van der Waals surface area contributed by atoms with Crippen LogP contribution in [0.3, 0.4) is 0 Å². The zero-order valence-electron chi connectivity index (χ0n) is 15.2. The minimum atomic E-state index is -3.64. The predicted molar refractivity (Wildman–Crippen MR) is 103 cm³/mol. The van der Waals surface area contributed by atoms with E-state index in [4.69, 9.17) is 13.7 Å². The van der Waals surface area contributed by atoms with Crippen molar-refractivity contribution in [2.45, 2.75) is 6.42 Å². The lowest BCUT2D eigenvalue weighted by molar-refractivity contribution is -0.384. The van der Waals surface area contributed by atoms with Gasteiger partial charge in [-0.15, -0.1) is 5.10 Å². The highest BCUT2D eigenvalue weighted by Crippen LogP contribution is 2.37. The fraction of sp³-hybridized carbons (Fsp3) is 0.222. The molecule has 2 aliphatic heterocycles. The molecule has 2 heterocycles. The second-order valence-corrected chi connectivity index (χ2v) is 8.07. The molecule has 0 saturated carbocycles. The van der Waals surface area contributed by atoms with Gasteiger partial charge in [0.25, 0.3) is 15.8 Å². The van der Waals surface area contributed by atoms with Crippen LogP contribution in [-0.4, -0.2) is 44.4 Å². The Kier molecular flexibility index (Phi) is 4.76. The minimum Gasteiger partial charge on any atom is -0.454 e. The summed E-state index contributed by atoms with van der Waals surface area (Å²) >= 11 is 0. The minimum absolute atomic E-state index is 0.0420. The number of hydrogen-bond donors (Lipinski definition) is 0. The van der Waals surface area contributed by atoms with Crippen molar-refractivity contribution >= 4 is 27.2 Å². The third kappa shape index (κ3) is 4.10. The first-order valence-electron chi connectivity index (χ1n) is 8.46. The van der Waals surface area contributed by atoms with E-state index in [1.807, 2.05) is 0 Å². The smallest absolute Gasteiger partial charge is 0.269 e. The largest absolute Gasteiger partial charge is 0.454 e. The molecule has 0 unspecified atom stereocenters. The molecule has 0 aromatic heterocycles. The topological polar surface area (TPSA) is 130 Å². The normalized spacial score (nSPS) is 15.2. The van der Waals surface area contributed by atoms with Gasteiger partial charge >= 0.3 is 0 Å². The number of nitro groups is 1. The van der Waals surface area contributed by atoms with Crippen molar-refractivity contribution in [3.05, 3.63) is 63.2 Å². The maximum Gasteiger partial charge on any atom is 0.269 e. The van der Waals surface area contributed by atoms with Crippen LogP contribution in [0.1, 0.15) is 16.7 Å². The zero-order chi connectivity index (χ0) is 20.6. The maximum atomic E-state index is 11.3. The van der Waals surface area contributed by atoms with Gasteiger partial charge in [-0.2, -0.15) is 13.5 Å². The summed E-state index contributed by atoms with van der Waals surface area (Å²) in [5.74, 6) is 1.12. The molecule has 0 spiro atoms. The summed E-state index contributed by atoms with van der Waals surface area (Å²) in [5.41, 5.74) is 2.96. The molecule has 0 aliphatic carbocycles. The zero-order valence-corrected chi connectivity index (χ0v) is 16.0. The monoisotopic (exact) mass is 417 g/mol. The second kappa shape index (κ2) is 7.26. The fourth-order valence-corrected chi connectivity index (χ4v) is 3.34. The summed E-state index contributed by atoms with van der Waals surface area (Å²) in [6.45, 7) is -0.135. The Morgan fingerprint density at radius 1 is 1.14 bits per heavy atom. The molecule has 0 atom stereocenters. The van der Waals surface area contributed by atoms with Crippen LogP contribution < -0.4 is 9.47 Å². The molecule has 4 rings (SSSR count). The van der Waals surface area contributed by atoms with Gasteiger partial charge in [0.05, 0.1) is 16.9 Å². The molecule has 2 aromatic rings. The number of non-ortho nitro benzene ring substituents is 1. The summed E-state index contributed by atoms with van der Waals surface area (Å²) in [5, 5.41) is 19.4. The van der Waals surface area contributed by atoms with Crippen molar-refractivity contribution in [1.82, 2.24) is 0 Å². The number of fused-ring (bicyclic) bond motifs is 2. The van der Waals surface area contributed by atoms with E-state index in [0.717, 1.165) is 11.8 Å². The molecule has 10 nitrogen and oxygen atoms in total. The van der Waals surface area contributed by atoms with Crippen LogP contribution in [0.2, 0.25) is 0 Å². The first-order valence-corrected chi connectivity index (χ1v) is 10.3. The summed E-state index contributed by atoms with van der Waals surface area (Å²) in [4.78, 5) is 10.4. The second-order valence-electron chi connectivity index (χ2n) is 6.42. The first-order chi connectivity index (χ1) is 13.8. The summed E-state index contributed by atoms with van der Waals surface area (Å²) in [6, 6.07) is 9.49. The summed E-state index contributed by atoms with van der Waals surface area (Å²) < 4.78 is 38.4. The Hall–Kier alpha value is -3.31. The molecule has 0 bridgehead atoms. The Morgan fingerprint density at radius 2 is 1.83 bits per heavy atom. The van der Waals surface area contributed by atoms with Gasteiger partial charge in [-0.05, 0) is 29.8 Å². The maximum absolute atomic E-state index is 11.3. The van der Waals surface area contributed by atoms with Gasteiger partial charge in [-0.1, -0.05) is 0 Å². The average molecular weight is 417 g/mol. The van der Waals surface area contributed by atoms with Crippen molar-refractivity contribution in [1.29, 1.82) is 0 Å². The van der Waals surface area contributed by atoms with Crippen molar-refractivity contribution in [3.8, 4) is 11.5 Å². The quantitative estimate of drug-likeness (QED) is 0.413. The van der Waals surface area contributed by atoms with E-state index in [1.54, 1.807) is 24.3 Å². The highest BCUT2D eigenvalue weighted by atomic mass is 32.2. The van der Waals surface area contributed by atoms with Crippen LogP contribution in [0.4, 0.5) is 5.69 Å². The van der Waals surface area contributed by atoms with Crippen LogP contribution in [-0.2, 0) is 20.7 Å². The standard InChI is InChI=1S/C18H15N3O7S/c1-29(24,25)28-9-13-6-12-7-16-17(27-10-26-16)8-15(12)18(20-19-13)11-2-4-14(5-3-11)21(22)23/h2-5,7-8H,6,9-10H2,1H3. The molecule has 0 N–H and O–H groups in total. The highest BCUT2D eigenvalue weighted by Gasteiger charge is 2.24. The Bertz CT molecular complexity index is 1150. The number of nitro benzene ring substituents is 1. The molecule has 0 saturated heterocycles. The first kappa shape index (κ1) is 19.0. The predicted octanol–water partition coefficient (Wildman–Crippen LogP) is 2.05.